The summed E-state index contributed by atoms with van der Waals surface area (Å²) < 4.78 is 11.3. The minimum Gasteiger partial charge on any atom is -0.507 e. The molecule has 1 aliphatic heterocycles. The van der Waals surface area contributed by atoms with Crippen LogP contribution >= 0.6 is 0 Å². The van der Waals surface area contributed by atoms with Crippen molar-refractivity contribution in [2.45, 2.75) is 33.7 Å². The van der Waals surface area contributed by atoms with Crippen molar-refractivity contribution in [3.05, 3.63) is 59.6 Å². The number of carbonyl (C=O) groups is 2. The number of aliphatic hydroxyl groups is 1. The first-order valence-corrected chi connectivity index (χ1v) is 11.1. The van der Waals surface area contributed by atoms with Crippen molar-refractivity contribution < 1.29 is 23.8 Å². The fourth-order valence-electron chi connectivity index (χ4n) is 3.79. The fourth-order valence-corrected chi connectivity index (χ4v) is 3.79. The Morgan fingerprint density at radius 3 is 2.56 bits per heavy atom. The predicted octanol–water partition coefficient (Wildman–Crippen LogP) is 4.08. The van der Waals surface area contributed by atoms with E-state index in [9.17, 15) is 14.7 Å². The van der Waals surface area contributed by atoms with Gasteiger partial charge in [-0.15, -0.1) is 0 Å². The highest BCUT2D eigenvalue weighted by molar-refractivity contribution is 6.46. The van der Waals surface area contributed by atoms with E-state index in [1.165, 1.54) is 11.2 Å². The van der Waals surface area contributed by atoms with Gasteiger partial charge in [0.1, 0.15) is 23.3 Å². The number of hydrogen-bond acceptors (Lipinski definition) is 6. The molecular formula is C25H32N2O5. The predicted molar refractivity (Wildman–Crippen MR) is 122 cm³/mol. The molecule has 1 atom stereocenters. The number of benzene rings is 1. The van der Waals surface area contributed by atoms with Crippen LogP contribution < -0.4 is 4.74 Å². The van der Waals surface area contributed by atoms with E-state index in [-0.39, 0.29) is 11.3 Å². The molecule has 1 aromatic heterocycles. The van der Waals surface area contributed by atoms with Gasteiger partial charge in [-0.2, -0.15) is 0 Å². The number of rotatable bonds is 10. The second-order valence-electron chi connectivity index (χ2n) is 8.27. The van der Waals surface area contributed by atoms with Crippen molar-refractivity contribution in [1.29, 1.82) is 0 Å². The van der Waals surface area contributed by atoms with Gasteiger partial charge in [0.25, 0.3) is 11.7 Å². The van der Waals surface area contributed by atoms with Crippen LogP contribution in [0, 0.1) is 5.92 Å². The summed E-state index contributed by atoms with van der Waals surface area (Å²) in [7, 11) is 0. The number of Topliss-reactive ketones (excluding diaryl/α,β-unsaturated/α-hetero) is 1. The standard InChI is InChI=1S/C25H32N2O5/c1-5-26(6-2)12-13-27-22(20-11-8-14-31-20)21(24(29)25(27)30)23(28)18-9-7-10-19(15-18)32-16-17(3)4/h7-11,14-15,17,22,28H,5-6,12-13,16H2,1-4H3/b23-21-. The third kappa shape index (κ3) is 5.05. The molecule has 0 bridgehead atoms. The van der Waals surface area contributed by atoms with Crippen LogP contribution in [0.5, 0.6) is 5.75 Å². The molecule has 1 amide bonds. The highest BCUT2D eigenvalue weighted by Crippen LogP contribution is 2.39. The number of likely N-dealkylation sites (N-methyl/N-ethyl adjacent to an activating group) is 1. The summed E-state index contributed by atoms with van der Waals surface area (Å²) in [5.41, 5.74) is 0.454. The lowest BCUT2D eigenvalue weighted by Gasteiger charge is -2.26. The molecular weight excluding hydrogens is 408 g/mol. The van der Waals surface area contributed by atoms with Gasteiger partial charge in [-0.25, -0.2) is 0 Å². The molecule has 1 fully saturated rings. The summed E-state index contributed by atoms with van der Waals surface area (Å²) >= 11 is 0. The van der Waals surface area contributed by atoms with Gasteiger partial charge < -0.3 is 24.1 Å². The van der Waals surface area contributed by atoms with Gasteiger partial charge in [0.15, 0.2) is 0 Å². The Bertz CT molecular complexity index is 960. The molecule has 1 N–H and O–H groups in total. The van der Waals surface area contributed by atoms with E-state index >= 15 is 0 Å². The second-order valence-corrected chi connectivity index (χ2v) is 8.27. The van der Waals surface area contributed by atoms with Crippen LogP contribution in [-0.4, -0.2) is 59.4 Å². The van der Waals surface area contributed by atoms with E-state index in [1.807, 2.05) is 13.8 Å². The summed E-state index contributed by atoms with van der Waals surface area (Å²) in [6.07, 6.45) is 1.50. The zero-order valence-electron chi connectivity index (χ0n) is 19.2. The maximum absolute atomic E-state index is 13.0. The number of ether oxygens (including phenoxy) is 1. The lowest BCUT2D eigenvalue weighted by atomic mass is 9.99. The smallest absolute Gasteiger partial charge is 0.295 e. The molecule has 0 aliphatic carbocycles. The van der Waals surface area contributed by atoms with Gasteiger partial charge >= 0.3 is 0 Å². The summed E-state index contributed by atoms with van der Waals surface area (Å²) in [5.74, 6) is -0.192. The first-order valence-electron chi connectivity index (χ1n) is 11.1. The summed E-state index contributed by atoms with van der Waals surface area (Å²) in [4.78, 5) is 29.6. The summed E-state index contributed by atoms with van der Waals surface area (Å²) in [6.45, 7) is 11.4. The van der Waals surface area contributed by atoms with Crippen molar-refractivity contribution in [3.8, 4) is 5.75 Å². The average molecular weight is 441 g/mol. The van der Waals surface area contributed by atoms with E-state index in [4.69, 9.17) is 9.15 Å². The van der Waals surface area contributed by atoms with Crippen LogP contribution in [-0.2, 0) is 9.59 Å². The van der Waals surface area contributed by atoms with E-state index in [2.05, 4.69) is 18.7 Å². The van der Waals surface area contributed by atoms with Gasteiger partial charge in [-0.1, -0.05) is 39.8 Å². The van der Waals surface area contributed by atoms with Crippen LogP contribution in [0.15, 0.2) is 52.7 Å². The van der Waals surface area contributed by atoms with Crippen LogP contribution in [0.3, 0.4) is 0 Å². The van der Waals surface area contributed by atoms with Crippen molar-refractivity contribution in [2.75, 3.05) is 32.8 Å². The van der Waals surface area contributed by atoms with E-state index in [1.54, 1.807) is 36.4 Å². The van der Waals surface area contributed by atoms with Gasteiger partial charge in [0.05, 0.1) is 18.4 Å². The molecule has 1 aliphatic rings. The number of hydrogen-bond donors (Lipinski definition) is 1. The Hall–Kier alpha value is -3.06. The second kappa shape index (κ2) is 10.5. The first kappa shape index (κ1) is 23.6. The third-order valence-electron chi connectivity index (χ3n) is 5.60. The molecule has 7 heteroatoms. The van der Waals surface area contributed by atoms with Crippen LogP contribution in [0.4, 0.5) is 0 Å². The first-order chi connectivity index (χ1) is 15.4. The number of aliphatic hydroxyl groups excluding tert-OH is 1. The fraction of sp³-hybridized carbons (Fsp3) is 0.440. The molecule has 3 rings (SSSR count). The molecule has 7 nitrogen and oxygen atoms in total. The molecule has 1 aromatic carbocycles. The molecule has 1 saturated heterocycles. The SMILES string of the molecule is CCN(CC)CCN1C(=O)C(=O)/C(=C(\O)c2cccc(OCC(C)C)c2)C1c1ccco1. The molecule has 2 aromatic rings. The van der Waals surface area contributed by atoms with Crippen LogP contribution in [0.25, 0.3) is 5.76 Å². The zero-order valence-corrected chi connectivity index (χ0v) is 19.2. The summed E-state index contributed by atoms with van der Waals surface area (Å²) in [5, 5.41) is 11.1. The number of likely N-dealkylation sites (tertiary alicyclic amines) is 1. The van der Waals surface area contributed by atoms with Crippen molar-refractivity contribution >= 4 is 17.4 Å². The lowest BCUT2D eigenvalue weighted by molar-refractivity contribution is -0.140. The van der Waals surface area contributed by atoms with Crippen molar-refractivity contribution in [2.24, 2.45) is 5.92 Å². The lowest BCUT2D eigenvalue weighted by Crippen LogP contribution is -2.37. The Balaban J connectivity index is 1.99. The number of amides is 1. The Labute approximate surface area is 189 Å². The number of nitrogens with zero attached hydrogens (tertiary/aromatic N) is 2. The zero-order chi connectivity index (χ0) is 23.3. The molecule has 0 radical (unpaired) electrons. The summed E-state index contributed by atoms with van der Waals surface area (Å²) in [6, 6.07) is 9.58. The van der Waals surface area contributed by atoms with Gasteiger partial charge in [0.2, 0.25) is 0 Å². The molecule has 1 unspecified atom stereocenters. The maximum atomic E-state index is 13.0. The topological polar surface area (TPSA) is 83.2 Å². The average Bonchev–Trinajstić information content (AvgIpc) is 3.40. The van der Waals surface area contributed by atoms with Crippen molar-refractivity contribution in [1.82, 2.24) is 9.80 Å². The highest BCUT2D eigenvalue weighted by atomic mass is 16.5. The normalized spacial score (nSPS) is 18.2. The Morgan fingerprint density at radius 1 is 1.19 bits per heavy atom. The van der Waals surface area contributed by atoms with E-state index in [0.717, 1.165) is 13.1 Å². The van der Waals surface area contributed by atoms with Crippen molar-refractivity contribution in [3.63, 3.8) is 0 Å². The monoisotopic (exact) mass is 440 g/mol. The minimum absolute atomic E-state index is 0.0329. The number of carbonyl (C=O) groups excluding carboxylic acids is 2. The van der Waals surface area contributed by atoms with Gasteiger partial charge in [-0.05, 0) is 43.3 Å². The molecule has 2 heterocycles. The van der Waals surface area contributed by atoms with Gasteiger partial charge in [-0.3, -0.25) is 9.59 Å². The molecule has 172 valence electrons. The van der Waals surface area contributed by atoms with E-state index < -0.39 is 17.7 Å². The third-order valence-corrected chi connectivity index (χ3v) is 5.60. The molecule has 32 heavy (non-hydrogen) atoms. The molecule has 0 saturated carbocycles. The number of furan rings is 1. The Kier molecular flexibility index (Phi) is 7.75. The van der Waals surface area contributed by atoms with Gasteiger partial charge in [0, 0.05) is 18.7 Å². The van der Waals surface area contributed by atoms with E-state index in [0.29, 0.717) is 42.7 Å². The number of ketones is 1. The highest BCUT2D eigenvalue weighted by Gasteiger charge is 2.47. The Morgan fingerprint density at radius 2 is 1.94 bits per heavy atom. The molecule has 0 spiro atoms. The maximum Gasteiger partial charge on any atom is 0.295 e. The quantitative estimate of drug-likeness (QED) is 0.341. The van der Waals surface area contributed by atoms with Crippen LogP contribution in [0.2, 0.25) is 0 Å². The minimum atomic E-state index is -0.777. The van der Waals surface area contributed by atoms with Crippen LogP contribution in [0.1, 0.15) is 45.1 Å². The largest absolute Gasteiger partial charge is 0.507 e.